The number of benzene rings is 1. The fourth-order valence-corrected chi connectivity index (χ4v) is 3.53. The van der Waals surface area contributed by atoms with Gasteiger partial charge in [-0.25, -0.2) is 0 Å². The third kappa shape index (κ3) is 2.17. The fourth-order valence-electron chi connectivity index (χ4n) is 3.53. The Morgan fingerprint density at radius 1 is 1.10 bits per heavy atom. The quantitative estimate of drug-likeness (QED) is 0.839. The van der Waals surface area contributed by atoms with Crippen molar-refractivity contribution in [3.05, 3.63) is 46.5 Å². The Morgan fingerprint density at radius 2 is 1.80 bits per heavy atom. The van der Waals surface area contributed by atoms with Crippen molar-refractivity contribution in [2.45, 2.75) is 38.5 Å². The van der Waals surface area contributed by atoms with Gasteiger partial charge in [0.25, 0.3) is 0 Å². The Hall–Kier alpha value is -1.90. The Labute approximate surface area is 118 Å². The zero-order valence-electron chi connectivity index (χ0n) is 11.5. The third-order valence-corrected chi connectivity index (χ3v) is 4.51. The summed E-state index contributed by atoms with van der Waals surface area (Å²) in [5.41, 5.74) is 8.59. The maximum atomic E-state index is 12.5. The molecule has 3 heteroatoms. The van der Waals surface area contributed by atoms with Crippen LogP contribution in [0.2, 0.25) is 0 Å². The monoisotopic (exact) mass is 269 g/mol. The number of Topliss-reactive ketones (excluding diaryl/α,β-unsaturated/α-hetero) is 1. The molecule has 0 bridgehead atoms. The maximum Gasteiger partial charge on any atom is 0.245 e. The van der Waals surface area contributed by atoms with Gasteiger partial charge in [-0.15, -0.1) is 0 Å². The molecule has 2 aliphatic carbocycles. The fraction of sp³-hybridized carbons (Fsp3) is 0.412. The van der Waals surface area contributed by atoms with E-state index in [4.69, 9.17) is 5.73 Å². The van der Waals surface area contributed by atoms with Crippen LogP contribution >= 0.6 is 0 Å². The Kier molecular flexibility index (Phi) is 3.43. The number of primary amides is 1. The van der Waals surface area contributed by atoms with E-state index in [0.717, 1.165) is 36.8 Å². The van der Waals surface area contributed by atoms with E-state index >= 15 is 0 Å². The van der Waals surface area contributed by atoms with Gasteiger partial charge in [-0.3, -0.25) is 9.59 Å². The lowest BCUT2D eigenvalue weighted by molar-refractivity contribution is -0.115. The highest BCUT2D eigenvalue weighted by atomic mass is 16.1. The van der Waals surface area contributed by atoms with Crippen LogP contribution < -0.4 is 5.73 Å². The number of fused-ring (bicyclic) bond motifs is 1. The van der Waals surface area contributed by atoms with Crippen molar-refractivity contribution in [2.24, 2.45) is 11.7 Å². The number of hydrogen-bond acceptors (Lipinski definition) is 2. The Morgan fingerprint density at radius 3 is 2.45 bits per heavy atom. The van der Waals surface area contributed by atoms with Gasteiger partial charge >= 0.3 is 0 Å². The summed E-state index contributed by atoms with van der Waals surface area (Å²) in [7, 11) is 0. The van der Waals surface area contributed by atoms with E-state index in [1.54, 1.807) is 0 Å². The summed E-state index contributed by atoms with van der Waals surface area (Å²) in [5.74, 6) is -0.234. The van der Waals surface area contributed by atoms with Gasteiger partial charge < -0.3 is 5.73 Å². The molecule has 20 heavy (non-hydrogen) atoms. The van der Waals surface area contributed by atoms with Crippen molar-refractivity contribution in [1.82, 2.24) is 0 Å². The molecular weight excluding hydrogens is 250 g/mol. The first kappa shape index (κ1) is 13.1. The summed E-state index contributed by atoms with van der Waals surface area (Å²) in [6.07, 6.45) is 5.97. The van der Waals surface area contributed by atoms with Crippen LogP contribution in [-0.4, -0.2) is 11.7 Å². The lowest BCUT2D eigenvalue weighted by Crippen LogP contribution is -2.25. The zero-order chi connectivity index (χ0) is 14.1. The molecule has 1 amide bonds. The van der Waals surface area contributed by atoms with Gasteiger partial charge in [0.05, 0.1) is 0 Å². The van der Waals surface area contributed by atoms with Crippen LogP contribution in [0, 0.1) is 5.92 Å². The van der Waals surface area contributed by atoms with Crippen molar-refractivity contribution in [2.75, 3.05) is 0 Å². The smallest absolute Gasteiger partial charge is 0.245 e. The van der Waals surface area contributed by atoms with Crippen LogP contribution in [0.15, 0.2) is 35.4 Å². The van der Waals surface area contributed by atoms with Crippen LogP contribution in [0.5, 0.6) is 0 Å². The minimum atomic E-state index is -0.409. The summed E-state index contributed by atoms with van der Waals surface area (Å²) in [6, 6.07) is 7.59. The number of hydrogen-bond donors (Lipinski definition) is 1. The Bertz CT molecular complexity index is 595. The zero-order valence-corrected chi connectivity index (χ0v) is 11.5. The molecule has 2 aliphatic rings. The summed E-state index contributed by atoms with van der Waals surface area (Å²) in [5, 5.41) is 0. The molecule has 1 aromatic carbocycles. The van der Waals surface area contributed by atoms with Gasteiger partial charge in [0.1, 0.15) is 0 Å². The number of rotatable bonds is 2. The highest BCUT2D eigenvalue weighted by Crippen LogP contribution is 2.36. The number of carbonyl (C=O) groups excluding carboxylic acids is 2. The molecule has 0 radical (unpaired) electrons. The number of amides is 1. The van der Waals surface area contributed by atoms with Gasteiger partial charge in [0, 0.05) is 23.1 Å². The van der Waals surface area contributed by atoms with E-state index < -0.39 is 5.91 Å². The standard InChI is InChI=1S/C17H19NO2/c18-17(20)15(11-6-2-1-3-7-11)14-10-12-8-4-5-9-13(12)16(14)19/h4-5,8-9,11H,1-3,6-7,10H2,(H2,18,20)/b15-14+. The molecule has 0 saturated heterocycles. The predicted octanol–water partition coefficient (Wildman–Crippen LogP) is 2.79. The third-order valence-electron chi connectivity index (χ3n) is 4.51. The normalized spacial score (nSPS) is 21.7. The second kappa shape index (κ2) is 5.23. The first-order chi connectivity index (χ1) is 9.68. The second-order valence-corrected chi connectivity index (χ2v) is 5.75. The van der Waals surface area contributed by atoms with Gasteiger partial charge in [-0.2, -0.15) is 0 Å². The minimum absolute atomic E-state index is 0.0000246. The van der Waals surface area contributed by atoms with Crippen LogP contribution in [-0.2, 0) is 11.2 Å². The van der Waals surface area contributed by atoms with Gasteiger partial charge in [-0.05, 0) is 24.3 Å². The minimum Gasteiger partial charge on any atom is -0.366 e. The van der Waals surface area contributed by atoms with Crippen LogP contribution in [0.3, 0.4) is 0 Å². The number of allylic oxidation sites excluding steroid dienone is 1. The van der Waals surface area contributed by atoms with Crippen molar-refractivity contribution >= 4 is 11.7 Å². The largest absolute Gasteiger partial charge is 0.366 e. The second-order valence-electron chi connectivity index (χ2n) is 5.75. The molecule has 1 fully saturated rings. The molecular formula is C17H19NO2. The van der Waals surface area contributed by atoms with Crippen LogP contribution in [0.1, 0.15) is 48.0 Å². The van der Waals surface area contributed by atoms with E-state index in [2.05, 4.69) is 0 Å². The molecule has 3 rings (SSSR count). The molecule has 1 aromatic rings. The highest BCUT2D eigenvalue weighted by molar-refractivity contribution is 6.17. The molecule has 0 unspecified atom stereocenters. The van der Waals surface area contributed by atoms with Crippen molar-refractivity contribution in [3.63, 3.8) is 0 Å². The number of carbonyl (C=O) groups is 2. The first-order valence-electron chi connectivity index (χ1n) is 7.34. The molecule has 1 saturated carbocycles. The van der Waals surface area contributed by atoms with Gasteiger partial charge in [-0.1, -0.05) is 43.5 Å². The van der Waals surface area contributed by atoms with E-state index in [0.29, 0.717) is 17.6 Å². The summed E-state index contributed by atoms with van der Waals surface area (Å²) in [4.78, 5) is 24.4. The van der Waals surface area contributed by atoms with E-state index in [-0.39, 0.29) is 11.7 Å². The van der Waals surface area contributed by atoms with Gasteiger partial charge in [0.15, 0.2) is 5.78 Å². The highest BCUT2D eigenvalue weighted by Gasteiger charge is 2.32. The average molecular weight is 269 g/mol. The number of ketones is 1. The summed E-state index contributed by atoms with van der Waals surface area (Å²) < 4.78 is 0. The molecule has 0 aromatic heterocycles. The molecule has 2 N–H and O–H groups in total. The Balaban J connectivity index is 2.03. The lowest BCUT2D eigenvalue weighted by Gasteiger charge is -2.24. The van der Waals surface area contributed by atoms with E-state index in [1.165, 1.54) is 6.42 Å². The molecule has 0 atom stereocenters. The molecule has 0 heterocycles. The topological polar surface area (TPSA) is 60.2 Å². The summed E-state index contributed by atoms with van der Waals surface area (Å²) in [6.45, 7) is 0. The molecule has 0 spiro atoms. The lowest BCUT2D eigenvalue weighted by atomic mass is 9.80. The maximum absolute atomic E-state index is 12.5. The first-order valence-corrected chi connectivity index (χ1v) is 7.34. The van der Waals surface area contributed by atoms with Crippen LogP contribution in [0.25, 0.3) is 0 Å². The average Bonchev–Trinajstić information content (AvgIpc) is 2.78. The van der Waals surface area contributed by atoms with Gasteiger partial charge in [0.2, 0.25) is 5.91 Å². The summed E-state index contributed by atoms with van der Waals surface area (Å²) >= 11 is 0. The number of nitrogens with two attached hydrogens (primary N) is 1. The molecule has 3 nitrogen and oxygen atoms in total. The van der Waals surface area contributed by atoms with E-state index in [1.807, 2.05) is 24.3 Å². The van der Waals surface area contributed by atoms with E-state index in [9.17, 15) is 9.59 Å². The van der Waals surface area contributed by atoms with Crippen molar-refractivity contribution in [1.29, 1.82) is 0 Å². The van der Waals surface area contributed by atoms with Crippen LogP contribution in [0.4, 0.5) is 0 Å². The van der Waals surface area contributed by atoms with Crippen molar-refractivity contribution < 1.29 is 9.59 Å². The predicted molar refractivity (Wildman–Crippen MR) is 77.3 cm³/mol. The van der Waals surface area contributed by atoms with Crippen molar-refractivity contribution in [3.8, 4) is 0 Å². The molecule has 0 aliphatic heterocycles. The molecule has 104 valence electrons. The SMILES string of the molecule is NC(=O)/C(=C1\Cc2ccccc2C1=O)C1CCCCC1.